The zero-order valence-corrected chi connectivity index (χ0v) is 32.4. The first-order chi connectivity index (χ1) is 24.1. The van der Waals surface area contributed by atoms with Crippen LogP contribution in [0, 0.1) is 16.7 Å². The van der Waals surface area contributed by atoms with E-state index in [4.69, 9.17) is 13.7 Å². The van der Waals surface area contributed by atoms with Crippen LogP contribution in [0.15, 0.2) is 30.5 Å². The summed E-state index contributed by atoms with van der Waals surface area (Å²) in [7, 11) is -2.86. The molecule has 14 nitrogen and oxygen atoms in total. The van der Waals surface area contributed by atoms with Gasteiger partial charge in [-0.15, -0.1) is 0 Å². The summed E-state index contributed by atoms with van der Waals surface area (Å²) < 4.78 is 44.5. The molecule has 1 aromatic carbocycles. The third-order valence-electron chi connectivity index (χ3n) is 10.0. The number of hydrogen-bond acceptors (Lipinski definition) is 10. The molecule has 3 N–H and O–H groups in total. The Bertz CT molecular complexity index is 1830. The fourth-order valence-electron chi connectivity index (χ4n) is 6.75. The molecule has 15 heteroatoms. The molecule has 2 aromatic rings. The van der Waals surface area contributed by atoms with Gasteiger partial charge in [-0.3, -0.25) is 19.2 Å². The number of likely N-dealkylation sites (tertiary alicyclic amines) is 1. The van der Waals surface area contributed by atoms with Crippen LogP contribution < -0.4 is 24.8 Å². The fourth-order valence-corrected chi connectivity index (χ4v) is 7.90. The average molecular weight is 744 g/mol. The van der Waals surface area contributed by atoms with E-state index in [0.717, 1.165) is 5.39 Å². The van der Waals surface area contributed by atoms with Crippen molar-refractivity contribution < 1.29 is 41.3 Å². The Kier molecular flexibility index (Phi) is 10.6. The molecule has 1 aliphatic heterocycles. The number of benzene rings is 1. The number of hydrogen-bond donors (Lipinski definition) is 3. The summed E-state index contributed by atoms with van der Waals surface area (Å²) in [5.74, 6) is -1.68. The second-order valence-corrected chi connectivity index (χ2v) is 18.3. The molecule has 4 amide bonds. The summed E-state index contributed by atoms with van der Waals surface area (Å²) in [4.78, 5) is 61.4. The molecule has 0 unspecified atom stereocenters. The number of pyridine rings is 1. The number of nitrogens with one attached hydrogen (secondary N) is 3. The van der Waals surface area contributed by atoms with E-state index in [1.54, 1.807) is 26.3 Å². The van der Waals surface area contributed by atoms with Crippen molar-refractivity contribution in [3.63, 3.8) is 0 Å². The molecule has 0 bridgehead atoms. The van der Waals surface area contributed by atoms with Crippen LogP contribution in [-0.2, 0) is 33.7 Å². The van der Waals surface area contributed by atoms with Crippen LogP contribution in [0.25, 0.3) is 10.8 Å². The van der Waals surface area contributed by atoms with Crippen molar-refractivity contribution in [3.8, 4) is 11.6 Å². The van der Waals surface area contributed by atoms with Crippen LogP contribution in [0.1, 0.15) is 93.9 Å². The Hall–Kier alpha value is -3.98. The first-order valence-electron chi connectivity index (χ1n) is 17.9. The van der Waals surface area contributed by atoms with Gasteiger partial charge in [0.1, 0.15) is 29.5 Å². The van der Waals surface area contributed by atoms with Crippen LogP contribution in [0.3, 0.4) is 0 Å². The van der Waals surface area contributed by atoms with Crippen LogP contribution in [-0.4, -0.2) is 84.9 Å². The average Bonchev–Trinajstić information content (AvgIpc) is 3.90. The number of carbonyl (C=O) groups excluding carboxylic acids is 4. The van der Waals surface area contributed by atoms with Crippen LogP contribution in [0.4, 0.5) is 0 Å². The minimum absolute atomic E-state index is 0.00985. The highest BCUT2D eigenvalue weighted by atomic mass is 32.2. The van der Waals surface area contributed by atoms with Gasteiger partial charge in [-0.1, -0.05) is 54.9 Å². The van der Waals surface area contributed by atoms with Crippen molar-refractivity contribution in [2.45, 2.75) is 123 Å². The van der Waals surface area contributed by atoms with Gasteiger partial charge in [0.25, 0.3) is 5.91 Å². The number of methoxy groups -OCH3 is 1. The Balaban J connectivity index is 1.43. The minimum Gasteiger partial charge on any atom is -0.497 e. The number of ether oxygens (including phenoxy) is 2. The molecule has 2 saturated carbocycles. The monoisotopic (exact) mass is 743 g/mol. The molecule has 2 heterocycles. The van der Waals surface area contributed by atoms with E-state index in [1.165, 1.54) is 4.90 Å². The van der Waals surface area contributed by atoms with Crippen molar-refractivity contribution in [1.82, 2.24) is 25.2 Å². The number of aromatic nitrogens is 1. The number of carbonyl (C=O) groups is 4. The molecular weight excluding hydrogens is 691 g/mol. The first-order valence-corrected chi connectivity index (χ1v) is 19.3. The lowest BCUT2D eigenvalue weighted by Gasteiger charge is -2.36. The molecule has 1 aromatic heterocycles. The lowest BCUT2D eigenvalue weighted by Crippen LogP contribution is -2.60. The van der Waals surface area contributed by atoms with Crippen LogP contribution >= 0.6 is 0 Å². The summed E-state index contributed by atoms with van der Waals surface area (Å²) >= 11 is 0. The van der Waals surface area contributed by atoms with Crippen molar-refractivity contribution >= 4 is 44.7 Å². The van der Waals surface area contributed by atoms with E-state index in [2.05, 4.69) is 15.6 Å². The van der Waals surface area contributed by atoms with E-state index in [0.29, 0.717) is 36.3 Å². The summed E-state index contributed by atoms with van der Waals surface area (Å²) in [5.41, 5.74) is -3.43. The van der Waals surface area contributed by atoms with E-state index in [9.17, 15) is 27.6 Å². The molecular formula is C37H53N5O9S. The fraction of sp³-hybridized carbons (Fsp3) is 0.649. The second kappa shape index (κ2) is 14.1. The van der Waals surface area contributed by atoms with Gasteiger partial charge in [0.2, 0.25) is 23.6 Å². The maximum atomic E-state index is 14.5. The Labute approximate surface area is 306 Å². The zero-order valence-electron chi connectivity index (χ0n) is 31.6. The van der Waals surface area contributed by atoms with E-state index in [1.807, 2.05) is 71.4 Å². The van der Waals surface area contributed by atoms with Crippen molar-refractivity contribution in [2.24, 2.45) is 16.7 Å². The van der Waals surface area contributed by atoms with Gasteiger partial charge in [-0.05, 0) is 72.6 Å². The lowest BCUT2D eigenvalue weighted by atomic mass is 9.84. The molecule has 1 saturated heterocycles. The zero-order chi connectivity index (χ0) is 38.4. The Morgan fingerprint density at radius 1 is 1.08 bits per heavy atom. The standard InChI is InChI=1S/C37H53N5O9S/c1-10-23-19-37(23,33(46)41-52(47,48)51-36(8)14-15-36)40-30(44)27-18-25(50-31-26-12-11-24(49-9)17-22(26)13-16-38-31)21-42(27)32(45)29(35(5,6)7)39-28(43)20-34(2,3)4/h11-13,16-17,23,25,27,29H,10,14-15,18-21H2,1-9H3,(H,39,43)(H,40,44)(H,41,46)/t23-,25-,27+,29-,37-/m1/s1. The maximum Gasteiger partial charge on any atom is 0.362 e. The van der Waals surface area contributed by atoms with Gasteiger partial charge in [0, 0.05) is 24.4 Å². The summed E-state index contributed by atoms with van der Waals surface area (Å²) in [6.07, 6.45) is 2.94. The molecule has 0 spiro atoms. The van der Waals surface area contributed by atoms with Gasteiger partial charge in [-0.25, -0.2) is 13.9 Å². The molecule has 52 heavy (non-hydrogen) atoms. The second-order valence-electron chi connectivity index (χ2n) is 17.0. The third-order valence-corrected chi connectivity index (χ3v) is 11.1. The molecule has 2 aliphatic carbocycles. The molecule has 286 valence electrons. The van der Waals surface area contributed by atoms with Crippen molar-refractivity contribution in [3.05, 3.63) is 30.5 Å². The number of amides is 4. The normalized spacial score (nSPS) is 24.5. The minimum atomic E-state index is -4.44. The smallest absolute Gasteiger partial charge is 0.362 e. The summed E-state index contributed by atoms with van der Waals surface area (Å²) in [6, 6.07) is 5.16. The van der Waals surface area contributed by atoms with Crippen LogP contribution in [0.5, 0.6) is 11.6 Å². The topological polar surface area (TPSA) is 182 Å². The SMILES string of the molecule is CC[C@@H]1C[C@]1(NC(=O)[C@@H]1C[C@@H](Oc2nccc3cc(OC)ccc23)CN1C(=O)[C@@H](NC(=O)CC(C)(C)C)C(C)(C)C)C(=O)NS(=O)(=O)OC1(C)CC1. The van der Waals surface area contributed by atoms with Crippen molar-refractivity contribution in [2.75, 3.05) is 13.7 Å². The Morgan fingerprint density at radius 3 is 2.35 bits per heavy atom. The lowest BCUT2D eigenvalue weighted by molar-refractivity contribution is -0.144. The quantitative estimate of drug-likeness (QED) is 0.273. The van der Waals surface area contributed by atoms with Gasteiger partial charge < -0.3 is 25.0 Å². The number of fused-ring (bicyclic) bond motifs is 1. The molecule has 5 atom stereocenters. The van der Waals surface area contributed by atoms with Crippen LogP contribution in [0.2, 0.25) is 0 Å². The Morgan fingerprint density at radius 2 is 1.77 bits per heavy atom. The highest BCUT2D eigenvalue weighted by molar-refractivity contribution is 7.85. The van der Waals surface area contributed by atoms with E-state index < -0.39 is 62.8 Å². The van der Waals surface area contributed by atoms with Gasteiger partial charge >= 0.3 is 10.3 Å². The molecule has 5 rings (SSSR count). The maximum absolute atomic E-state index is 14.5. The molecule has 3 aliphatic rings. The van der Waals surface area contributed by atoms with Crippen molar-refractivity contribution in [1.29, 1.82) is 0 Å². The van der Waals surface area contributed by atoms with Gasteiger partial charge in [0.15, 0.2) is 0 Å². The van der Waals surface area contributed by atoms with E-state index in [-0.39, 0.29) is 43.0 Å². The predicted molar refractivity (Wildman–Crippen MR) is 193 cm³/mol. The van der Waals surface area contributed by atoms with Gasteiger partial charge in [-0.2, -0.15) is 8.42 Å². The highest BCUT2D eigenvalue weighted by Gasteiger charge is 2.62. The summed E-state index contributed by atoms with van der Waals surface area (Å²) in [6.45, 7) is 14.8. The number of nitrogens with zero attached hydrogens (tertiary/aromatic N) is 2. The van der Waals surface area contributed by atoms with Gasteiger partial charge in [0.05, 0.1) is 19.3 Å². The number of rotatable bonds is 13. The largest absolute Gasteiger partial charge is 0.497 e. The molecule has 3 fully saturated rings. The van der Waals surface area contributed by atoms with E-state index >= 15 is 0 Å². The predicted octanol–water partition coefficient (Wildman–Crippen LogP) is 3.77. The third kappa shape index (κ3) is 8.96. The molecule has 0 radical (unpaired) electrons. The highest BCUT2D eigenvalue weighted by Crippen LogP contribution is 2.47. The first kappa shape index (κ1) is 39.2. The summed E-state index contributed by atoms with van der Waals surface area (Å²) in [5, 5.41) is 7.28.